The molecule has 0 N–H and O–H groups in total. The minimum atomic E-state index is -0.245. The third-order valence-electron chi connectivity index (χ3n) is 2.44. The molecule has 16 heavy (non-hydrogen) atoms. The monoisotopic (exact) mass is 212 g/mol. The molecule has 4 nitrogen and oxygen atoms in total. The highest BCUT2D eigenvalue weighted by atomic mass is 16.5. The first-order chi connectivity index (χ1) is 7.83. The first kappa shape index (κ1) is 9.03. The number of rotatable bonds is 0. The lowest BCUT2D eigenvalue weighted by Gasteiger charge is -2.09. The lowest BCUT2D eigenvalue weighted by Crippen LogP contribution is -2.26. The molecule has 2 aliphatic rings. The predicted octanol–water partition coefficient (Wildman–Crippen LogP) is 0.0608. The van der Waals surface area contributed by atoms with Crippen LogP contribution < -0.4 is 15.3 Å². The Labute approximate surface area is 91.3 Å². The van der Waals surface area contributed by atoms with E-state index in [9.17, 15) is 4.79 Å². The van der Waals surface area contributed by atoms with Crippen LogP contribution >= 0.6 is 0 Å². The molecule has 0 aromatic heterocycles. The van der Waals surface area contributed by atoms with Crippen LogP contribution in [-0.2, 0) is 4.79 Å². The Morgan fingerprint density at radius 3 is 3.19 bits per heavy atom. The van der Waals surface area contributed by atoms with Crippen LogP contribution in [0.25, 0.3) is 12.2 Å². The van der Waals surface area contributed by atoms with E-state index in [1.54, 1.807) is 12.4 Å². The summed E-state index contributed by atoms with van der Waals surface area (Å²) in [6.45, 7) is 0.0235. The van der Waals surface area contributed by atoms with Gasteiger partial charge >= 0.3 is 0 Å². The standard InChI is InChI=1S/C12H8N2O2/c15-12-7-16-11-6-9-2-4-13-3-1-8(9)5-10(11)14-12/h1-6H,7H2. The van der Waals surface area contributed by atoms with Gasteiger partial charge in [0.1, 0.15) is 11.1 Å². The Balaban J connectivity index is 2.33. The molecule has 3 rings (SSSR count). The fourth-order valence-electron chi connectivity index (χ4n) is 1.69. The quantitative estimate of drug-likeness (QED) is 0.610. The van der Waals surface area contributed by atoms with E-state index < -0.39 is 0 Å². The summed E-state index contributed by atoms with van der Waals surface area (Å²) in [6, 6.07) is 3.71. The van der Waals surface area contributed by atoms with E-state index in [1.165, 1.54) is 0 Å². The Kier molecular flexibility index (Phi) is 1.93. The predicted molar refractivity (Wildman–Crippen MR) is 59.7 cm³/mol. The molecule has 0 unspecified atom stereocenters. The van der Waals surface area contributed by atoms with Crippen LogP contribution in [0.15, 0.2) is 28.3 Å². The summed E-state index contributed by atoms with van der Waals surface area (Å²) in [5.74, 6) is 0.406. The van der Waals surface area contributed by atoms with Gasteiger partial charge < -0.3 is 4.74 Å². The van der Waals surface area contributed by atoms with Crippen LogP contribution in [0.3, 0.4) is 0 Å². The molecule has 0 radical (unpaired) electrons. The van der Waals surface area contributed by atoms with Crippen LogP contribution in [0.1, 0.15) is 5.56 Å². The number of fused-ring (bicyclic) bond motifs is 2. The van der Waals surface area contributed by atoms with Crippen molar-refractivity contribution in [3.8, 4) is 5.75 Å². The second kappa shape index (κ2) is 3.41. The van der Waals surface area contributed by atoms with Crippen LogP contribution in [0, 0.1) is 0 Å². The molecule has 0 saturated carbocycles. The summed E-state index contributed by atoms with van der Waals surface area (Å²) in [6.07, 6.45) is 7.21. The normalized spacial score (nSPS) is 16.4. The highest BCUT2D eigenvalue weighted by Crippen LogP contribution is 2.07. The third kappa shape index (κ3) is 1.44. The molecule has 0 saturated heterocycles. The second-order valence-electron chi connectivity index (χ2n) is 3.52. The van der Waals surface area contributed by atoms with Crippen molar-refractivity contribution in [1.29, 1.82) is 0 Å². The van der Waals surface area contributed by atoms with E-state index in [-0.39, 0.29) is 12.5 Å². The minimum absolute atomic E-state index is 0.0235. The van der Waals surface area contributed by atoms with Crippen molar-refractivity contribution in [1.82, 2.24) is 0 Å². The molecule has 78 valence electrons. The van der Waals surface area contributed by atoms with E-state index in [0.717, 1.165) is 10.8 Å². The van der Waals surface area contributed by atoms with Gasteiger partial charge in [-0.2, -0.15) is 0 Å². The fourth-order valence-corrected chi connectivity index (χ4v) is 1.69. The van der Waals surface area contributed by atoms with Crippen LogP contribution in [0.4, 0.5) is 0 Å². The van der Waals surface area contributed by atoms with E-state index in [2.05, 4.69) is 9.98 Å². The van der Waals surface area contributed by atoms with Gasteiger partial charge in [-0.25, -0.2) is 4.99 Å². The van der Waals surface area contributed by atoms with Gasteiger partial charge in [0.2, 0.25) is 0 Å². The van der Waals surface area contributed by atoms with Gasteiger partial charge in [-0.15, -0.1) is 0 Å². The van der Waals surface area contributed by atoms with Crippen molar-refractivity contribution < 1.29 is 9.53 Å². The van der Waals surface area contributed by atoms with Gasteiger partial charge in [0.15, 0.2) is 6.61 Å². The largest absolute Gasteiger partial charge is 0.481 e. The zero-order chi connectivity index (χ0) is 11.0. The summed E-state index contributed by atoms with van der Waals surface area (Å²) in [5, 5.41) is 1.61. The zero-order valence-corrected chi connectivity index (χ0v) is 8.38. The topological polar surface area (TPSA) is 51.0 Å². The maximum atomic E-state index is 11.1. The second-order valence-corrected chi connectivity index (χ2v) is 3.52. The highest BCUT2D eigenvalue weighted by molar-refractivity contribution is 5.93. The van der Waals surface area contributed by atoms with E-state index in [4.69, 9.17) is 4.74 Å². The number of hydrogen-bond acceptors (Lipinski definition) is 3. The molecular formula is C12H8N2O2. The van der Waals surface area contributed by atoms with Gasteiger partial charge in [0.05, 0.1) is 0 Å². The molecular weight excluding hydrogens is 204 g/mol. The average molecular weight is 212 g/mol. The SMILES string of the molecule is O=C1COc2cc3c(cc2=N1)C=CN=CC=3. The van der Waals surface area contributed by atoms with Gasteiger partial charge in [0, 0.05) is 12.4 Å². The fraction of sp³-hybridized carbons (Fsp3) is 0.0833. The Bertz CT molecular complexity index is 642. The Morgan fingerprint density at radius 2 is 2.25 bits per heavy atom. The number of hydrogen-bond donors (Lipinski definition) is 0. The Hall–Kier alpha value is -2.23. The number of aliphatic imine (C=N–C) groups is 1. The summed E-state index contributed by atoms with van der Waals surface area (Å²) >= 11 is 0. The number of carbonyl (C=O) groups excluding carboxylic acids is 1. The first-order valence-electron chi connectivity index (χ1n) is 4.91. The van der Waals surface area contributed by atoms with Crippen LogP contribution in [0.5, 0.6) is 5.75 Å². The molecule has 2 heterocycles. The summed E-state index contributed by atoms with van der Waals surface area (Å²) in [7, 11) is 0. The molecule has 0 spiro atoms. The first-order valence-corrected chi connectivity index (χ1v) is 4.91. The minimum Gasteiger partial charge on any atom is -0.481 e. The van der Waals surface area contributed by atoms with Crippen LogP contribution in [-0.4, -0.2) is 18.7 Å². The van der Waals surface area contributed by atoms with Gasteiger partial charge in [0.25, 0.3) is 5.91 Å². The van der Waals surface area contributed by atoms with Crippen LogP contribution in [0.2, 0.25) is 0 Å². The molecule has 4 heteroatoms. The average Bonchev–Trinajstić information content (AvgIpc) is 2.50. The number of nitrogens with zero attached hydrogens (tertiary/aromatic N) is 2. The smallest absolute Gasteiger partial charge is 0.284 e. The van der Waals surface area contributed by atoms with E-state index in [0.29, 0.717) is 11.1 Å². The zero-order valence-electron chi connectivity index (χ0n) is 8.38. The molecule has 1 aromatic carbocycles. The summed E-state index contributed by atoms with van der Waals surface area (Å²) < 4.78 is 5.31. The van der Waals surface area contributed by atoms with Crippen molar-refractivity contribution in [2.24, 2.45) is 9.98 Å². The summed E-state index contributed by atoms with van der Waals surface area (Å²) in [5.41, 5.74) is 0.985. The molecule has 0 atom stereocenters. The van der Waals surface area contributed by atoms with Gasteiger partial charge in [-0.3, -0.25) is 9.79 Å². The number of carbonyl (C=O) groups is 1. The van der Waals surface area contributed by atoms with Crippen molar-refractivity contribution in [2.75, 3.05) is 6.61 Å². The summed E-state index contributed by atoms with van der Waals surface area (Å²) in [4.78, 5) is 19.1. The van der Waals surface area contributed by atoms with E-state index in [1.807, 2.05) is 24.3 Å². The number of benzene rings is 1. The molecule has 2 aliphatic heterocycles. The molecule has 0 fully saturated rings. The highest BCUT2D eigenvalue weighted by Gasteiger charge is 2.11. The number of amides is 1. The maximum absolute atomic E-state index is 11.1. The third-order valence-corrected chi connectivity index (χ3v) is 2.44. The lowest BCUT2D eigenvalue weighted by atomic mass is 10.1. The van der Waals surface area contributed by atoms with Crippen molar-refractivity contribution in [3.05, 3.63) is 34.5 Å². The van der Waals surface area contributed by atoms with Crippen molar-refractivity contribution in [2.45, 2.75) is 0 Å². The van der Waals surface area contributed by atoms with Gasteiger partial charge in [-0.05, 0) is 35.1 Å². The van der Waals surface area contributed by atoms with Gasteiger partial charge in [-0.1, -0.05) is 0 Å². The maximum Gasteiger partial charge on any atom is 0.284 e. The number of ether oxygens (including phenoxy) is 1. The molecule has 1 amide bonds. The van der Waals surface area contributed by atoms with Crippen molar-refractivity contribution >= 4 is 24.3 Å². The molecule has 0 bridgehead atoms. The van der Waals surface area contributed by atoms with Crippen molar-refractivity contribution in [3.63, 3.8) is 0 Å². The van der Waals surface area contributed by atoms with E-state index >= 15 is 0 Å². The lowest BCUT2D eigenvalue weighted by molar-refractivity contribution is -0.120. The molecule has 1 aromatic rings. The Morgan fingerprint density at radius 1 is 1.31 bits per heavy atom. The molecule has 0 aliphatic carbocycles.